The molecule has 2 rings (SSSR count). The van der Waals surface area contributed by atoms with Crippen LogP contribution in [0.2, 0.25) is 0 Å². The normalized spacial score (nSPS) is 19.4. The summed E-state index contributed by atoms with van der Waals surface area (Å²) in [5.74, 6) is 0.415. The van der Waals surface area contributed by atoms with Crippen LogP contribution in [0.15, 0.2) is 22.7 Å². The van der Waals surface area contributed by atoms with Crippen molar-refractivity contribution in [1.82, 2.24) is 10.6 Å². The van der Waals surface area contributed by atoms with Gasteiger partial charge in [-0.1, -0.05) is 15.9 Å². The SMILES string of the molecule is O=C1CCC(CNCc2cc(Br)ccc2O)N1. The summed E-state index contributed by atoms with van der Waals surface area (Å²) in [5, 5.41) is 15.8. The lowest BCUT2D eigenvalue weighted by Crippen LogP contribution is -2.35. The van der Waals surface area contributed by atoms with E-state index in [1.165, 1.54) is 0 Å². The van der Waals surface area contributed by atoms with Crippen LogP contribution in [-0.4, -0.2) is 23.6 Å². The number of phenols is 1. The molecule has 0 saturated carbocycles. The van der Waals surface area contributed by atoms with Crippen molar-refractivity contribution in [3.8, 4) is 5.75 Å². The molecule has 1 unspecified atom stereocenters. The Balaban J connectivity index is 1.81. The van der Waals surface area contributed by atoms with Crippen molar-refractivity contribution in [1.29, 1.82) is 0 Å². The molecule has 1 amide bonds. The average Bonchev–Trinajstić information content (AvgIpc) is 2.69. The van der Waals surface area contributed by atoms with Gasteiger partial charge in [0.15, 0.2) is 0 Å². The summed E-state index contributed by atoms with van der Waals surface area (Å²) in [5.41, 5.74) is 0.851. The van der Waals surface area contributed by atoms with E-state index in [9.17, 15) is 9.90 Å². The molecular formula is C12H15BrN2O2. The Morgan fingerprint density at radius 2 is 2.35 bits per heavy atom. The first kappa shape index (κ1) is 12.4. The van der Waals surface area contributed by atoms with Crippen LogP contribution in [0.25, 0.3) is 0 Å². The van der Waals surface area contributed by atoms with Crippen LogP contribution in [0.3, 0.4) is 0 Å². The van der Waals surface area contributed by atoms with Crippen molar-refractivity contribution in [3.05, 3.63) is 28.2 Å². The summed E-state index contributed by atoms with van der Waals surface area (Å²) in [6, 6.07) is 5.57. The highest BCUT2D eigenvalue weighted by atomic mass is 79.9. The molecule has 1 atom stereocenters. The maximum atomic E-state index is 11.0. The fourth-order valence-corrected chi connectivity index (χ4v) is 2.32. The number of nitrogens with one attached hydrogen (secondary N) is 2. The predicted octanol–water partition coefficient (Wildman–Crippen LogP) is 1.52. The molecule has 1 aromatic carbocycles. The van der Waals surface area contributed by atoms with Gasteiger partial charge >= 0.3 is 0 Å². The summed E-state index contributed by atoms with van der Waals surface area (Å²) < 4.78 is 0.946. The van der Waals surface area contributed by atoms with Gasteiger partial charge in [-0.25, -0.2) is 0 Å². The van der Waals surface area contributed by atoms with Gasteiger partial charge < -0.3 is 15.7 Å². The molecule has 5 heteroatoms. The van der Waals surface area contributed by atoms with Crippen molar-refractivity contribution < 1.29 is 9.90 Å². The Kier molecular flexibility index (Phi) is 4.02. The second kappa shape index (κ2) is 5.51. The molecule has 0 aliphatic carbocycles. The van der Waals surface area contributed by atoms with Crippen LogP contribution in [0.1, 0.15) is 18.4 Å². The lowest BCUT2D eigenvalue weighted by atomic mass is 10.2. The largest absolute Gasteiger partial charge is 0.508 e. The van der Waals surface area contributed by atoms with Crippen LogP contribution in [-0.2, 0) is 11.3 Å². The molecule has 17 heavy (non-hydrogen) atoms. The molecular weight excluding hydrogens is 284 g/mol. The molecule has 1 heterocycles. The average molecular weight is 299 g/mol. The first-order valence-electron chi connectivity index (χ1n) is 5.62. The topological polar surface area (TPSA) is 61.4 Å². The molecule has 3 N–H and O–H groups in total. The van der Waals surface area contributed by atoms with Crippen molar-refractivity contribution in [2.45, 2.75) is 25.4 Å². The Morgan fingerprint density at radius 1 is 1.53 bits per heavy atom. The Bertz CT molecular complexity index is 423. The maximum absolute atomic E-state index is 11.0. The highest BCUT2D eigenvalue weighted by Gasteiger charge is 2.19. The molecule has 0 spiro atoms. The van der Waals surface area contributed by atoms with Gasteiger partial charge in [0.05, 0.1) is 0 Å². The number of carbonyl (C=O) groups is 1. The van der Waals surface area contributed by atoms with Crippen molar-refractivity contribution >= 4 is 21.8 Å². The first-order valence-corrected chi connectivity index (χ1v) is 6.42. The standard InChI is InChI=1S/C12H15BrN2O2/c13-9-1-3-11(16)8(5-9)6-14-7-10-2-4-12(17)15-10/h1,3,5,10,14,16H,2,4,6-7H2,(H,15,17). The fourth-order valence-electron chi connectivity index (χ4n) is 1.91. The zero-order valence-electron chi connectivity index (χ0n) is 9.37. The number of halogens is 1. The van der Waals surface area contributed by atoms with Gasteiger partial charge in [0.25, 0.3) is 0 Å². The minimum absolute atomic E-state index is 0.127. The highest BCUT2D eigenvalue weighted by molar-refractivity contribution is 9.10. The quantitative estimate of drug-likeness (QED) is 0.790. The molecule has 0 radical (unpaired) electrons. The summed E-state index contributed by atoms with van der Waals surface area (Å²) >= 11 is 3.37. The minimum Gasteiger partial charge on any atom is -0.508 e. The molecule has 0 bridgehead atoms. The van der Waals surface area contributed by atoms with E-state index in [-0.39, 0.29) is 17.7 Å². The number of phenolic OH excluding ortho intramolecular Hbond substituents is 1. The Hall–Kier alpha value is -1.07. The highest BCUT2D eigenvalue weighted by Crippen LogP contribution is 2.21. The van der Waals surface area contributed by atoms with Gasteiger partial charge in [0.2, 0.25) is 5.91 Å². The Labute approximate surface area is 109 Å². The van der Waals surface area contributed by atoms with Crippen LogP contribution >= 0.6 is 15.9 Å². The van der Waals surface area contributed by atoms with E-state index in [0.717, 1.165) is 23.0 Å². The van der Waals surface area contributed by atoms with E-state index in [4.69, 9.17) is 0 Å². The van der Waals surface area contributed by atoms with Gasteiger partial charge in [0.1, 0.15) is 5.75 Å². The van der Waals surface area contributed by atoms with E-state index >= 15 is 0 Å². The van der Waals surface area contributed by atoms with E-state index in [1.54, 1.807) is 12.1 Å². The zero-order valence-corrected chi connectivity index (χ0v) is 11.0. The molecule has 1 aliphatic rings. The number of amides is 1. The maximum Gasteiger partial charge on any atom is 0.220 e. The van der Waals surface area contributed by atoms with Crippen LogP contribution < -0.4 is 10.6 Å². The van der Waals surface area contributed by atoms with E-state index in [0.29, 0.717) is 13.0 Å². The molecule has 92 valence electrons. The number of hydrogen-bond donors (Lipinski definition) is 3. The third kappa shape index (κ3) is 3.44. The van der Waals surface area contributed by atoms with Crippen molar-refractivity contribution in [2.75, 3.05) is 6.54 Å². The number of carbonyl (C=O) groups excluding carboxylic acids is 1. The van der Waals surface area contributed by atoms with E-state index in [2.05, 4.69) is 26.6 Å². The van der Waals surface area contributed by atoms with Gasteiger partial charge in [-0.3, -0.25) is 4.79 Å². The number of benzene rings is 1. The smallest absolute Gasteiger partial charge is 0.220 e. The van der Waals surface area contributed by atoms with Crippen LogP contribution in [0, 0.1) is 0 Å². The number of rotatable bonds is 4. The first-order chi connectivity index (χ1) is 8.15. The third-order valence-electron chi connectivity index (χ3n) is 2.83. The van der Waals surface area contributed by atoms with Gasteiger partial charge in [-0.05, 0) is 24.6 Å². The monoisotopic (exact) mass is 298 g/mol. The summed E-state index contributed by atoms with van der Waals surface area (Å²) in [6.45, 7) is 1.33. The minimum atomic E-state index is 0.127. The molecule has 1 aromatic rings. The molecule has 1 saturated heterocycles. The molecule has 1 fully saturated rings. The van der Waals surface area contributed by atoms with E-state index in [1.807, 2.05) is 6.07 Å². The lowest BCUT2D eigenvalue weighted by molar-refractivity contribution is -0.119. The molecule has 1 aliphatic heterocycles. The summed E-state index contributed by atoms with van der Waals surface area (Å²) in [6.07, 6.45) is 1.50. The van der Waals surface area contributed by atoms with Gasteiger partial charge in [0, 0.05) is 35.6 Å². The zero-order chi connectivity index (χ0) is 12.3. The predicted molar refractivity (Wildman–Crippen MR) is 68.7 cm³/mol. The number of hydrogen-bond acceptors (Lipinski definition) is 3. The fraction of sp³-hybridized carbons (Fsp3) is 0.417. The lowest BCUT2D eigenvalue weighted by Gasteiger charge is -2.12. The third-order valence-corrected chi connectivity index (χ3v) is 3.33. The Morgan fingerprint density at radius 3 is 3.06 bits per heavy atom. The van der Waals surface area contributed by atoms with Gasteiger partial charge in [-0.2, -0.15) is 0 Å². The van der Waals surface area contributed by atoms with Crippen LogP contribution in [0.5, 0.6) is 5.75 Å². The molecule has 4 nitrogen and oxygen atoms in total. The number of aromatic hydroxyl groups is 1. The second-order valence-corrected chi connectivity index (χ2v) is 5.12. The van der Waals surface area contributed by atoms with Gasteiger partial charge in [-0.15, -0.1) is 0 Å². The summed E-state index contributed by atoms with van der Waals surface area (Å²) in [7, 11) is 0. The van der Waals surface area contributed by atoms with E-state index < -0.39 is 0 Å². The molecule has 0 aromatic heterocycles. The van der Waals surface area contributed by atoms with Crippen LogP contribution in [0.4, 0.5) is 0 Å². The second-order valence-electron chi connectivity index (χ2n) is 4.21. The van der Waals surface area contributed by atoms with Crippen molar-refractivity contribution in [3.63, 3.8) is 0 Å². The van der Waals surface area contributed by atoms with Crippen molar-refractivity contribution in [2.24, 2.45) is 0 Å². The summed E-state index contributed by atoms with van der Waals surface area (Å²) in [4.78, 5) is 11.0.